The molecule has 0 unspecified atom stereocenters. The molecule has 0 saturated heterocycles. The Bertz CT molecular complexity index is 475. The molecular weight excluding hydrogens is 292 g/mol. The molecule has 1 rings (SSSR count). The normalized spacial score (nSPS) is 10.7. The van der Waals surface area contributed by atoms with Crippen LogP contribution in [0.3, 0.4) is 0 Å². The Kier molecular flexibility index (Phi) is 10.2. The number of aromatic nitrogens is 1. The molecule has 1 heterocycles. The Morgan fingerprint density at radius 1 is 1.30 bits per heavy atom. The second kappa shape index (κ2) is 11.3. The van der Waals surface area contributed by atoms with E-state index < -0.39 is 6.09 Å². The zero-order valence-electron chi connectivity index (χ0n) is 15.1. The van der Waals surface area contributed by atoms with Crippen LogP contribution in [0.5, 0.6) is 0 Å². The van der Waals surface area contributed by atoms with E-state index in [1.165, 1.54) is 5.56 Å². The quantitative estimate of drug-likeness (QED) is 0.781. The van der Waals surface area contributed by atoms with Gasteiger partial charge < -0.3 is 20.3 Å². The zero-order chi connectivity index (χ0) is 17.8. The molecule has 0 aliphatic heterocycles. The van der Waals surface area contributed by atoms with Crippen molar-refractivity contribution >= 4 is 6.09 Å². The van der Waals surface area contributed by atoms with Gasteiger partial charge in [-0.1, -0.05) is 27.7 Å². The van der Waals surface area contributed by atoms with Gasteiger partial charge in [-0.3, -0.25) is 4.98 Å². The van der Waals surface area contributed by atoms with E-state index in [0.717, 1.165) is 12.2 Å². The molecule has 1 aromatic heterocycles. The van der Waals surface area contributed by atoms with Gasteiger partial charge >= 0.3 is 6.09 Å². The molecule has 0 saturated carbocycles. The summed E-state index contributed by atoms with van der Waals surface area (Å²) in [6.07, 6.45) is 4.84. The number of primary amides is 1. The average Bonchev–Trinajstić information content (AvgIpc) is 2.53. The summed E-state index contributed by atoms with van der Waals surface area (Å²) in [6.45, 7) is 9.10. The minimum atomic E-state index is -0.768. The van der Waals surface area contributed by atoms with Gasteiger partial charge in [0.2, 0.25) is 0 Å². The molecule has 6 nitrogen and oxygen atoms in total. The molecule has 0 radical (unpaired) electrons. The number of nitrogens with zero attached hydrogens (tertiary/aromatic N) is 3. The minimum Gasteiger partial charge on any atom is -0.428 e. The fraction of sp³-hybridized carbons (Fsp3) is 0.529. The number of pyridine rings is 1. The molecule has 0 aliphatic carbocycles. The van der Waals surface area contributed by atoms with Gasteiger partial charge in [0, 0.05) is 44.9 Å². The molecule has 6 heteroatoms. The minimum absolute atomic E-state index is 0.141. The van der Waals surface area contributed by atoms with Crippen LogP contribution >= 0.6 is 0 Å². The van der Waals surface area contributed by atoms with Crippen molar-refractivity contribution in [2.75, 3.05) is 20.8 Å². The maximum atomic E-state index is 10.7. The molecule has 1 amide bonds. The lowest BCUT2D eigenvalue weighted by Gasteiger charge is -2.27. The topological polar surface area (TPSA) is 71.7 Å². The van der Waals surface area contributed by atoms with Crippen LogP contribution in [-0.2, 0) is 11.3 Å². The van der Waals surface area contributed by atoms with E-state index in [4.69, 9.17) is 10.5 Å². The van der Waals surface area contributed by atoms with Crippen LogP contribution < -0.4 is 5.73 Å². The number of carbonyl (C=O) groups is 1. The van der Waals surface area contributed by atoms with Crippen molar-refractivity contribution in [1.82, 2.24) is 14.8 Å². The van der Waals surface area contributed by atoms with E-state index in [1.54, 1.807) is 12.4 Å². The van der Waals surface area contributed by atoms with E-state index >= 15 is 0 Å². The summed E-state index contributed by atoms with van der Waals surface area (Å²) >= 11 is 0. The number of nitrogens with two attached hydrogens (primary N) is 1. The summed E-state index contributed by atoms with van der Waals surface area (Å²) in [5, 5.41) is 0. The number of ether oxygens (including phenoxy) is 1. The van der Waals surface area contributed by atoms with Crippen molar-refractivity contribution in [1.29, 1.82) is 0 Å². The third-order valence-electron chi connectivity index (χ3n) is 2.97. The maximum absolute atomic E-state index is 10.7. The summed E-state index contributed by atoms with van der Waals surface area (Å²) < 4.78 is 4.83. The number of carbonyl (C=O) groups excluding carboxylic acids is 1. The molecule has 0 aliphatic rings. The zero-order valence-corrected chi connectivity index (χ0v) is 15.1. The first kappa shape index (κ1) is 20.8. The van der Waals surface area contributed by atoms with Gasteiger partial charge in [-0.2, -0.15) is 0 Å². The monoisotopic (exact) mass is 322 g/mol. The maximum Gasteiger partial charge on any atom is 0.406 e. The van der Waals surface area contributed by atoms with Crippen LogP contribution in [0.15, 0.2) is 36.4 Å². The lowest BCUT2D eigenvalue weighted by molar-refractivity contribution is 0.101. The fourth-order valence-corrected chi connectivity index (χ4v) is 1.97. The second-order valence-electron chi connectivity index (χ2n) is 5.27. The van der Waals surface area contributed by atoms with Gasteiger partial charge in [0.05, 0.1) is 0 Å². The largest absolute Gasteiger partial charge is 0.428 e. The highest BCUT2D eigenvalue weighted by molar-refractivity contribution is 5.64. The highest BCUT2D eigenvalue weighted by Crippen LogP contribution is 2.15. The van der Waals surface area contributed by atoms with Crippen molar-refractivity contribution in [3.05, 3.63) is 42.0 Å². The molecule has 130 valence electrons. The van der Waals surface area contributed by atoms with Gasteiger partial charge in [-0.05, 0) is 23.6 Å². The standard InChI is InChI=1S/C15H24N4O2.C2H6/c1-12(2)14(19(4)11-21-15(16)20)10-18(3)9-13-5-7-17-8-6-13;1-2/h5-8,10,12H,9,11H2,1-4H3,(H2,16,20);1-2H3/b14-10-;. The third kappa shape index (κ3) is 8.70. The molecule has 2 N–H and O–H groups in total. The SMILES string of the molecule is CC.CC(C)/C(=C/N(C)Cc1ccncc1)N(C)COC(N)=O. The smallest absolute Gasteiger partial charge is 0.406 e. The molecule has 0 spiro atoms. The molecular formula is C17H30N4O2. The Balaban J connectivity index is 0.00000232. The van der Waals surface area contributed by atoms with E-state index in [0.29, 0.717) is 5.92 Å². The molecule has 0 fully saturated rings. The summed E-state index contributed by atoms with van der Waals surface area (Å²) in [6, 6.07) is 3.97. The number of amides is 1. The Morgan fingerprint density at radius 3 is 2.35 bits per heavy atom. The number of allylic oxidation sites excluding steroid dienone is 1. The van der Waals surface area contributed by atoms with Crippen LogP contribution in [0.1, 0.15) is 33.3 Å². The molecule has 23 heavy (non-hydrogen) atoms. The van der Waals surface area contributed by atoms with Crippen molar-refractivity contribution in [2.24, 2.45) is 11.7 Å². The summed E-state index contributed by atoms with van der Waals surface area (Å²) in [5.74, 6) is 0.298. The lowest BCUT2D eigenvalue weighted by atomic mass is 10.1. The van der Waals surface area contributed by atoms with Crippen LogP contribution in [0.2, 0.25) is 0 Å². The van der Waals surface area contributed by atoms with Crippen LogP contribution in [0, 0.1) is 5.92 Å². The first-order valence-corrected chi connectivity index (χ1v) is 7.84. The number of rotatable bonds is 7. The van der Waals surface area contributed by atoms with Crippen molar-refractivity contribution in [2.45, 2.75) is 34.2 Å². The van der Waals surface area contributed by atoms with Crippen molar-refractivity contribution in [3.8, 4) is 0 Å². The van der Waals surface area contributed by atoms with Crippen LogP contribution in [0.25, 0.3) is 0 Å². The van der Waals surface area contributed by atoms with Crippen molar-refractivity contribution in [3.63, 3.8) is 0 Å². The average molecular weight is 322 g/mol. The fourth-order valence-electron chi connectivity index (χ4n) is 1.97. The van der Waals surface area contributed by atoms with E-state index in [2.05, 4.69) is 29.9 Å². The summed E-state index contributed by atoms with van der Waals surface area (Å²) in [5.41, 5.74) is 7.24. The van der Waals surface area contributed by atoms with Gasteiger partial charge in [-0.15, -0.1) is 0 Å². The first-order chi connectivity index (χ1) is 10.9. The third-order valence-corrected chi connectivity index (χ3v) is 2.97. The lowest BCUT2D eigenvalue weighted by Crippen LogP contribution is -2.29. The van der Waals surface area contributed by atoms with Gasteiger partial charge in [0.15, 0.2) is 6.73 Å². The molecule has 0 bridgehead atoms. The van der Waals surface area contributed by atoms with Crippen LogP contribution in [0.4, 0.5) is 4.79 Å². The second-order valence-corrected chi connectivity index (χ2v) is 5.27. The first-order valence-electron chi connectivity index (χ1n) is 7.84. The van der Waals surface area contributed by atoms with E-state index in [-0.39, 0.29) is 6.73 Å². The van der Waals surface area contributed by atoms with Crippen molar-refractivity contribution < 1.29 is 9.53 Å². The van der Waals surface area contributed by atoms with E-state index in [1.807, 2.05) is 45.0 Å². The molecule has 0 aromatic carbocycles. The number of hydrogen-bond acceptors (Lipinski definition) is 5. The van der Waals surface area contributed by atoms with Gasteiger partial charge in [-0.25, -0.2) is 4.79 Å². The highest BCUT2D eigenvalue weighted by atomic mass is 16.6. The van der Waals surface area contributed by atoms with Gasteiger partial charge in [0.1, 0.15) is 0 Å². The highest BCUT2D eigenvalue weighted by Gasteiger charge is 2.11. The van der Waals surface area contributed by atoms with E-state index in [9.17, 15) is 4.79 Å². The van der Waals surface area contributed by atoms with Crippen LogP contribution in [-0.4, -0.2) is 41.7 Å². The Hall–Kier alpha value is -2.24. The predicted molar refractivity (Wildman–Crippen MR) is 93.3 cm³/mol. The molecule has 1 aromatic rings. The molecule has 0 atom stereocenters. The number of hydrogen-bond donors (Lipinski definition) is 1. The Morgan fingerprint density at radius 2 is 1.87 bits per heavy atom. The summed E-state index contributed by atoms with van der Waals surface area (Å²) in [7, 11) is 3.88. The summed E-state index contributed by atoms with van der Waals surface area (Å²) in [4.78, 5) is 18.7. The van der Waals surface area contributed by atoms with Gasteiger partial charge in [0.25, 0.3) is 0 Å². The Labute approximate surface area is 139 Å². The predicted octanol–water partition coefficient (Wildman–Crippen LogP) is 3.02.